The fourth-order valence-corrected chi connectivity index (χ4v) is 2.69. The van der Waals surface area contributed by atoms with Gasteiger partial charge in [-0.3, -0.25) is 4.40 Å². The summed E-state index contributed by atoms with van der Waals surface area (Å²) in [7, 11) is 4.06. The van der Waals surface area contributed by atoms with Crippen LogP contribution in [0, 0.1) is 13.8 Å². The average molecular weight is 280 g/mol. The van der Waals surface area contributed by atoms with E-state index in [0.717, 1.165) is 28.3 Å². The second kappa shape index (κ2) is 4.81. The molecule has 0 saturated heterocycles. The molecular weight excluding hydrogens is 260 g/mol. The van der Waals surface area contributed by atoms with Crippen LogP contribution >= 0.6 is 0 Å². The average Bonchev–Trinajstić information content (AvgIpc) is 2.76. The lowest BCUT2D eigenvalue weighted by Gasteiger charge is -2.12. The highest BCUT2D eigenvalue weighted by Gasteiger charge is 2.13. The number of nitrogens with zero attached hydrogens (tertiary/aromatic N) is 3. The van der Waals surface area contributed by atoms with E-state index in [0.29, 0.717) is 5.82 Å². The molecule has 0 saturated carbocycles. The first-order valence-corrected chi connectivity index (χ1v) is 7.00. The number of aryl methyl sites for hydroxylation is 2. The van der Waals surface area contributed by atoms with Gasteiger partial charge in [0.25, 0.3) is 0 Å². The van der Waals surface area contributed by atoms with Crippen LogP contribution in [0.3, 0.4) is 0 Å². The first-order valence-electron chi connectivity index (χ1n) is 7.00. The van der Waals surface area contributed by atoms with Gasteiger partial charge >= 0.3 is 0 Å². The van der Waals surface area contributed by atoms with Gasteiger partial charge in [0.15, 0.2) is 0 Å². The van der Waals surface area contributed by atoms with Gasteiger partial charge < -0.3 is 10.6 Å². The Kier molecular flexibility index (Phi) is 3.09. The van der Waals surface area contributed by atoms with E-state index >= 15 is 0 Å². The lowest BCUT2D eigenvalue weighted by Crippen LogP contribution is -2.07. The molecule has 0 aliphatic carbocycles. The Bertz CT molecular complexity index is 798. The molecule has 3 aromatic rings. The highest BCUT2D eigenvalue weighted by Crippen LogP contribution is 2.29. The molecule has 2 N–H and O–H groups in total. The zero-order chi connectivity index (χ0) is 15.1. The summed E-state index contributed by atoms with van der Waals surface area (Å²) in [4.78, 5) is 6.78. The SMILES string of the molecule is Cc1cc(C)n2c(N)c(-c3ccc(N(C)C)cc3)nc2c1. The molecule has 108 valence electrons. The highest BCUT2D eigenvalue weighted by molar-refractivity contribution is 5.76. The number of rotatable bonds is 2. The predicted octanol–water partition coefficient (Wildman–Crippen LogP) is 3.27. The van der Waals surface area contributed by atoms with Crippen LogP contribution in [-0.2, 0) is 0 Å². The molecule has 0 aliphatic rings. The van der Waals surface area contributed by atoms with Gasteiger partial charge in [-0.1, -0.05) is 12.1 Å². The molecule has 0 unspecified atom stereocenters. The van der Waals surface area contributed by atoms with E-state index in [2.05, 4.69) is 55.1 Å². The standard InChI is InChI=1S/C17H20N4/c1-11-9-12(2)21-15(10-11)19-16(17(21)18)13-5-7-14(8-6-13)20(3)4/h5-10H,18H2,1-4H3. The number of nitrogen functional groups attached to an aromatic ring is 1. The number of benzene rings is 1. The molecule has 1 aromatic carbocycles. The molecule has 0 bridgehead atoms. The molecular formula is C17H20N4. The van der Waals surface area contributed by atoms with E-state index in [1.807, 2.05) is 18.5 Å². The fourth-order valence-electron chi connectivity index (χ4n) is 2.69. The summed E-state index contributed by atoms with van der Waals surface area (Å²) in [6.45, 7) is 4.13. The Morgan fingerprint density at radius 3 is 2.33 bits per heavy atom. The van der Waals surface area contributed by atoms with Crippen molar-refractivity contribution in [1.29, 1.82) is 0 Å². The van der Waals surface area contributed by atoms with Crippen molar-refractivity contribution in [2.24, 2.45) is 0 Å². The van der Waals surface area contributed by atoms with Crippen LogP contribution in [-0.4, -0.2) is 23.5 Å². The van der Waals surface area contributed by atoms with E-state index in [1.165, 1.54) is 5.56 Å². The molecule has 3 rings (SSSR count). The van der Waals surface area contributed by atoms with Gasteiger partial charge in [0.2, 0.25) is 0 Å². The fraction of sp³-hybridized carbons (Fsp3) is 0.235. The lowest BCUT2D eigenvalue weighted by molar-refractivity contribution is 1.09. The van der Waals surface area contributed by atoms with Crippen molar-refractivity contribution < 1.29 is 0 Å². The number of hydrogen-bond donors (Lipinski definition) is 1. The number of hydrogen-bond acceptors (Lipinski definition) is 3. The van der Waals surface area contributed by atoms with Crippen LogP contribution < -0.4 is 10.6 Å². The second-order valence-electron chi connectivity index (χ2n) is 5.65. The third kappa shape index (κ3) is 2.23. The summed E-state index contributed by atoms with van der Waals surface area (Å²) in [5.74, 6) is 0.695. The van der Waals surface area contributed by atoms with Gasteiger partial charge in [-0.05, 0) is 43.7 Å². The van der Waals surface area contributed by atoms with Crippen LogP contribution in [0.1, 0.15) is 11.3 Å². The first-order chi connectivity index (χ1) is 9.97. The highest BCUT2D eigenvalue weighted by atomic mass is 15.1. The van der Waals surface area contributed by atoms with Crippen molar-refractivity contribution in [3.05, 3.63) is 47.7 Å². The zero-order valence-corrected chi connectivity index (χ0v) is 12.9. The van der Waals surface area contributed by atoms with Crippen molar-refractivity contribution in [3.63, 3.8) is 0 Å². The lowest BCUT2D eigenvalue weighted by atomic mass is 10.1. The monoisotopic (exact) mass is 280 g/mol. The van der Waals surface area contributed by atoms with Gasteiger partial charge in [0.05, 0.1) is 0 Å². The van der Waals surface area contributed by atoms with Gasteiger partial charge in [0.1, 0.15) is 17.2 Å². The van der Waals surface area contributed by atoms with Crippen molar-refractivity contribution in [3.8, 4) is 11.3 Å². The van der Waals surface area contributed by atoms with Crippen molar-refractivity contribution in [2.75, 3.05) is 24.7 Å². The molecule has 4 heteroatoms. The van der Waals surface area contributed by atoms with Gasteiger partial charge in [-0.2, -0.15) is 0 Å². The maximum absolute atomic E-state index is 6.31. The van der Waals surface area contributed by atoms with Crippen molar-refractivity contribution in [1.82, 2.24) is 9.38 Å². The van der Waals surface area contributed by atoms with Gasteiger partial charge in [-0.25, -0.2) is 4.98 Å². The number of anilines is 2. The van der Waals surface area contributed by atoms with E-state index in [4.69, 9.17) is 10.7 Å². The van der Waals surface area contributed by atoms with E-state index in [1.54, 1.807) is 0 Å². The number of fused-ring (bicyclic) bond motifs is 1. The van der Waals surface area contributed by atoms with Crippen LogP contribution in [0.5, 0.6) is 0 Å². The summed E-state index contributed by atoms with van der Waals surface area (Å²) >= 11 is 0. The molecule has 0 amide bonds. The van der Waals surface area contributed by atoms with E-state index < -0.39 is 0 Å². The molecule has 4 nitrogen and oxygen atoms in total. The Balaban J connectivity index is 2.16. The number of aromatic nitrogens is 2. The topological polar surface area (TPSA) is 46.6 Å². The molecule has 0 aliphatic heterocycles. The maximum Gasteiger partial charge on any atom is 0.139 e. The molecule has 21 heavy (non-hydrogen) atoms. The minimum Gasteiger partial charge on any atom is -0.383 e. The summed E-state index contributed by atoms with van der Waals surface area (Å²) in [6, 6.07) is 12.5. The Morgan fingerprint density at radius 2 is 1.71 bits per heavy atom. The quantitative estimate of drug-likeness (QED) is 0.783. The Labute approximate surface area is 124 Å². The number of pyridine rings is 1. The molecule has 2 heterocycles. The summed E-state index contributed by atoms with van der Waals surface area (Å²) in [5.41, 5.74) is 12.5. The van der Waals surface area contributed by atoms with Crippen molar-refractivity contribution >= 4 is 17.2 Å². The number of imidazole rings is 1. The summed E-state index contributed by atoms with van der Waals surface area (Å²) in [5, 5.41) is 0. The van der Waals surface area contributed by atoms with Gasteiger partial charge in [0, 0.05) is 31.0 Å². The smallest absolute Gasteiger partial charge is 0.139 e. The maximum atomic E-state index is 6.31. The molecule has 0 spiro atoms. The first kappa shape index (κ1) is 13.5. The van der Waals surface area contributed by atoms with Crippen LogP contribution in [0.4, 0.5) is 11.5 Å². The summed E-state index contributed by atoms with van der Waals surface area (Å²) in [6.07, 6.45) is 0. The minimum absolute atomic E-state index is 0.695. The van der Waals surface area contributed by atoms with Crippen LogP contribution in [0.25, 0.3) is 16.9 Å². The molecule has 0 atom stereocenters. The second-order valence-corrected chi connectivity index (χ2v) is 5.65. The number of nitrogens with two attached hydrogens (primary N) is 1. The molecule has 0 fully saturated rings. The molecule has 0 radical (unpaired) electrons. The Hall–Kier alpha value is -2.49. The van der Waals surface area contributed by atoms with E-state index in [9.17, 15) is 0 Å². The van der Waals surface area contributed by atoms with Crippen molar-refractivity contribution in [2.45, 2.75) is 13.8 Å². The normalized spacial score (nSPS) is 11.0. The predicted molar refractivity (Wildman–Crippen MR) is 88.8 cm³/mol. The molecule has 2 aromatic heterocycles. The third-order valence-corrected chi connectivity index (χ3v) is 3.74. The van der Waals surface area contributed by atoms with Crippen LogP contribution in [0.2, 0.25) is 0 Å². The zero-order valence-electron chi connectivity index (χ0n) is 12.9. The summed E-state index contributed by atoms with van der Waals surface area (Å²) < 4.78 is 2.00. The minimum atomic E-state index is 0.695. The van der Waals surface area contributed by atoms with E-state index in [-0.39, 0.29) is 0 Å². The van der Waals surface area contributed by atoms with Crippen LogP contribution in [0.15, 0.2) is 36.4 Å². The largest absolute Gasteiger partial charge is 0.383 e. The Morgan fingerprint density at radius 1 is 1.05 bits per heavy atom. The van der Waals surface area contributed by atoms with Gasteiger partial charge in [-0.15, -0.1) is 0 Å². The third-order valence-electron chi connectivity index (χ3n) is 3.74.